The van der Waals surface area contributed by atoms with E-state index in [4.69, 9.17) is 21.6 Å². The lowest BCUT2D eigenvalue weighted by molar-refractivity contribution is 0.241. The van der Waals surface area contributed by atoms with Crippen LogP contribution in [0, 0.1) is 11.3 Å². The molecule has 1 rings (SSSR count). The van der Waals surface area contributed by atoms with Crippen LogP contribution in [0.4, 0.5) is 5.69 Å². The van der Waals surface area contributed by atoms with Crippen molar-refractivity contribution in [2.75, 3.05) is 0 Å². The first-order chi connectivity index (χ1) is 7.99. The summed E-state index contributed by atoms with van der Waals surface area (Å²) in [4.78, 5) is 3.82. The van der Waals surface area contributed by atoms with E-state index in [0.717, 1.165) is 0 Å². The molecule has 0 heterocycles. The molecule has 0 N–H and O–H groups in total. The minimum atomic E-state index is -0.0268. The lowest BCUT2D eigenvalue weighted by Crippen LogP contribution is -2.07. The number of benzene rings is 1. The van der Waals surface area contributed by atoms with Gasteiger partial charge in [0.05, 0.1) is 17.4 Å². The van der Waals surface area contributed by atoms with E-state index >= 15 is 0 Å². The van der Waals surface area contributed by atoms with Crippen LogP contribution in [-0.2, 0) is 0 Å². The number of halogens is 1. The molecule has 0 atom stereocenters. The molecule has 0 aromatic heterocycles. The number of hydrogen-bond acceptors (Lipinski definition) is 3. The third-order valence-electron chi connectivity index (χ3n) is 2.04. The summed E-state index contributed by atoms with van der Waals surface area (Å²) >= 11 is 5.87. The van der Waals surface area contributed by atoms with Crippen LogP contribution < -0.4 is 4.74 Å². The quantitative estimate of drug-likeness (QED) is 0.759. The van der Waals surface area contributed by atoms with Crippen molar-refractivity contribution in [3.8, 4) is 11.8 Å². The predicted octanol–water partition coefficient (Wildman–Crippen LogP) is 3.89. The Balaban J connectivity index is 3.40. The van der Waals surface area contributed by atoms with Crippen molar-refractivity contribution < 1.29 is 4.74 Å². The minimum absolute atomic E-state index is 0.0268. The smallest absolute Gasteiger partial charge is 0.138 e. The number of ether oxygens (including phenoxy) is 1. The molecule has 88 valence electrons. The number of nitrogens with zero attached hydrogens (tertiary/aromatic N) is 2. The summed E-state index contributed by atoms with van der Waals surface area (Å²) in [5.41, 5.74) is 1.55. The van der Waals surface area contributed by atoms with Gasteiger partial charge in [-0.25, -0.2) is 0 Å². The normalized spacial score (nSPS) is 9.82. The number of hydrogen-bond donors (Lipinski definition) is 0. The molecule has 1 aromatic rings. The molecule has 4 heteroatoms. The van der Waals surface area contributed by atoms with E-state index in [9.17, 15) is 0 Å². The standard InChI is InChI=1S/C13H13ClN2O/c1-8(2)17-13-6-11(9(3)14)12(16-4)5-10(13)7-15/h5-6,8H,3-4H2,1-2H3. The molecule has 0 fully saturated rings. The SMILES string of the molecule is C=Nc1cc(C#N)c(OC(C)C)cc1C(=C)Cl. The lowest BCUT2D eigenvalue weighted by atomic mass is 10.1. The van der Waals surface area contributed by atoms with Crippen molar-refractivity contribution in [3.63, 3.8) is 0 Å². The Labute approximate surface area is 106 Å². The maximum atomic E-state index is 9.03. The maximum absolute atomic E-state index is 9.03. The van der Waals surface area contributed by atoms with Crippen LogP contribution in [0.15, 0.2) is 23.7 Å². The first-order valence-electron chi connectivity index (χ1n) is 5.06. The van der Waals surface area contributed by atoms with Gasteiger partial charge >= 0.3 is 0 Å². The molecule has 0 aliphatic carbocycles. The molecule has 1 aromatic carbocycles. The highest BCUT2D eigenvalue weighted by Crippen LogP contribution is 2.34. The molecule has 17 heavy (non-hydrogen) atoms. The minimum Gasteiger partial charge on any atom is -0.490 e. The third-order valence-corrected chi connectivity index (χ3v) is 2.25. The predicted molar refractivity (Wildman–Crippen MR) is 71.0 cm³/mol. The molecule has 3 nitrogen and oxygen atoms in total. The van der Waals surface area contributed by atoms with Crippen LogP contribution in [0.5, 0.6) is 5.75 Å². The second kappa shape index (κ2) is 5.51. The summed E-state index contributed by atoms with van der Waals surface area (Å²) in [6.45, 7) is 10.9. The molecular weight excluding hydrogens is 236 g/mol. The number of nitriles is 1. The van der Waals surface area contributed by atoms with Gasteiger partial charge < -0.3 is 4.74 Å². The first kappa shape index (κ1) is 13.3. The molecule has 0 radical (unpaired) electrons. The molecule has 0 spiro atoms. The third kappa shape index (κ3) is 3.08. The Kier molecular flexibility index (Phi) is 4.30. The molecule has 0 saturated carbocycles. The van der Waals surface area contributed by atoms with Gasteiger partial charge in [-0.15, -0.1) is 0 Å². The highest BCUT2D eigenvalue weighted by atomic mass is 35.5. The van der Waals surface area contributed by atoms with E-state index in [1.807, 2.05) is 13.8 Å². The van der Waals surface area contributed by atoms with E-state index in [-0.39, 0.29) is 6.10 Å². The van der Waals surface area contributed by atoms with Crippen LogP contribution in [0.3, 0.4) is 0 Å². The first-order valence-corrected chi connectivity index (χ1v) is 5.43. The second-order valence-corrected chi connectivity index (χ2v) is 4.16. The number of aliphatic imine (C=N–C) groups is 1. The van der Waals surface area contributed by atoms with Gasteiger partial charge in [-0.05, 0) is 32.7 Å². The van der Waals surface area contributed by atoms with Gasteiger partial charge in [-0.1, -0.05) is 18.2 Å². The topological polar surface area (TPSA) is 45.4 Å². The zero-order chi connectivity index (χ0) is 13.0. The molecule has 0 saturated heterocycles. The van der Waals surface area contributed by atoms with Gasteiger partial charge in [0.2, 0.25) is 0 Å². The van der Waals surface area contributed by atoms with Gasteiger partial charge in [-0.3, -0.25) is 4.99 Å². The Morgan fingerprint density at radius 3 is 2.59 bits per heavy atom. The summed E-state index contributed by atoms with van der Waals surface area (Å²) in [5.74, 6) is 0.478. The van der Waals surface area contributed by atoms with E-state index < -0.39 is 0 Å². The van der Waals surface area contributed by atoms with Crippen molar-refractivity contribution >= 4 is 29.0 Å². The van der Waals surface area contributed by atoms with Crippen molar-refractivity contribution in [1.82, 2.24) is 0 Å². The largest absolute Gasteiger partial charge is 0.490 e. The van der Waals surface area contributed by atoms with Gasteiger partial charge in [0.25, 0.3) is 0 Å². The molecular formula is C13H13ClN2O. The zero-order valence-electron chi connectivity index (χ0n) is 9.83. The van der Waals surface area contributed by atoms with Gasteiger partial charge in [-0.2, -0.15) is 5.26 Å². The molecule has 0 aliphatic rings. The van der Waals surface area contributed by atoms with Crippen LogP contribution in [0.25, 0.3) is 5.03 Å². The lowest BCUT2D eigenvalue weighted by Gasteiger charge is -2.13. The average molecular weight is 249 g/mol. The van der Waals surface area contributed by atoms with Crippen LogP contribution in [0.2, 0.25) is 0 Å². The molecule has 0 aliphatic heterocycles. The summed E-state index contributed by atoms with van der Waals surface area (Å²) in [6, 6.07) is 5.31. The van der Waals surface area contributed by atoms with E-state index in [1.165, 1.54) is 0 Å². The summed E-state index contributed by atoms with van der Waals surface area (Å²) in [5, 5.41) is 9.37. The molecule has 0 unspecified atom stereocenters. The molecule has 0 bridgehead atoms. The summed E-state index contributed by atoms with van der Waals surface area (Å²) in [7, 11) is 0. The zero-order valence-corrected chi connectivity index (χ0v) is 10.6. The van der Waals surface area contributed by atoms with E-state index in [1.54, 1.807) is 12.1 Å². The fourth-order valence-electron chi connectivity index (χ4n) is 1.36. The van der Waals surface area contributed by atoms with E-state index in [0.29, 0.717) is 27.6 Å². The van der Waals surface area contributed by atoms with Gasteiger partial charge in [0.15, 0.2) is 0 Å². The van der Waals surface area contributed by atoms with Crippen molar-refractivity contribution in [3.05, 3.63) is 29.8 Å². The van der Waals surface area contributed by atoms with E-state index in [2.05, 4.69) is 24.4 Å². The van der Waals surface area contributed by atoms with Gasteiger partial charge in [0, 0.05) is 10.6 Å². The highest BCUT2D eigenvalue weighted by molar-refractivity contribution is 6.48. The Morgan fingerprint density at radius 2 is 2.18 bits per heavy atom. The average Bonchev–Trinajstić information content (AvgIpc) is 2.27. The number of rotatable bonds is 4. The highest BCUT2D eigenvalue weighted by Gasteiger charge is 2.12. The second-order valence-electron chi connectivity index (χ2n) is 3.71. The summed E-state index contributed by atoms with van der Waals surface area (Å²) < 4.78 is 5.54. The maximum Gasteiger partial charge on any atom is 0.138 e. The Hall–Kier alpha value is -1.79. The van der Waals surface area contributed by atoms with Crippen LogP contribution >= 0.6 is 11.6 Å². The monoisotopic (exact) mass is 248 g/mol. The van der Waals surface area contributed by atoms with Crippen molar-refractivity contribution in [2.45, 2.75) is 20.0 Å². The Morgan fingerprint density at radius 1 is 1.53 bits per heavy atom. The van der Waals surface area contributed by atoms with Gasteiger partial charge in [0.1, 0.15) is 11.8 Å². The molecule has 0 amide bonds. The van der Waals surface area contributed by atoms with Crippen LogP contribution in [0.1, 0.15) is 25.0 Å². The summed E-state index contributed by atoms with van der Waals surface area (Å²) in [6.07, 6.45) is -0.0268. The Bertz CT molecular complexity index is 501. The fraction of sp³-hybridized carbons (Fsp3) is 0.231. The van der Waals surface area contributed by atoms with Crippen LogP contribution in [-0.4, -0.2) is 12.8 Å². The van der Waals surface area contributed by atoms with Crippen molar-refractivity contribution in [2.24, 2.45) is 4.99 Å². The van der Waals surface area contributed by atoms with Crippen molar-refractivity contribution in [1.29, 1.82) is 5.26 Å². The fourth-order valence-corrected chi connectivity index (χ4v) is 1.51.